The SMILES string of the molecule is COC(=O)C(NC(=O)c1nc([C@@H]2CCCN2C(=O)OCc2ccccc2)oc1C)C(C)=O. The predicted molar refractivity (Wildman–Crippen MR) is 110 cm³/mol. The number of rotatable bonds is 7. The summed E-state index contributed by atoms with van der Waals surface area (Å²) in [6, 6.07) is 7.40. The van der Waals surface area contributed by atoms with Gasteiger partial charge in [-0.25, -0.2) is 14.6 Å². The fraction of sp³-hybridized carbons (Fsp3) is 0.409. The molecule has 1 aromatic heterocycles. The molecule has 10 heteroatoms. The first kappa shape index (κ1) is 23.0. The zero-order valence-corrected chi connectivity index (χ0v) is 18.1. The fourth-order valence-electron chi connectivity index (χ4n) is 3.46. The number of ether oxygens (including phenoxy) is 2. The Bertz CT molecular complexity index is 1000. The third-order valence-corrected chi connectivity index (χ3v) is 5.12. The van der Waals surface area contributed by atoms with Crippen LogP contribution in [0.2, 0.25) is 0 Å². The number of benzene rings is 1. The van der Waals surface area contributed by atoms with Crippen molar-refractivity contribution in [2.75, 3.05) is 13.7 Å². The molecule has 0 spiro atoms. The van der Waals surface area contributed by atoms with Gasteiger partial charge in [-0.1, -0.05) is 30.3 Å². The lowest BCUT2D eigenvalue weighted by atomic mass is 10.2. The summed E-state index contributed by atoms with van der Waals surface area (Å²) in [5.74, 6) is -1.81. The molecule has 2 aromatic rings. The van der Waals surface area contributed by atoms with Crippen molar-refractivity contribution in [3.05, 3.63) is 53.2 Å². The summed E-state index contributed by atoms with van der Waals surface area (Å²) in [6.45, 7) is 3.32. The number of carbonyl (C=O) groups excluding carboxylic acids is 4. The van der Waals surface area contributed by atoms with E-state index < -0.39 is 35.8 Å². The maximum absolute atomic E-state index is 12.6. The number of hydrogen-bond acceptors (Lipinski definition) is 8. The van der Waals surface area contributed by atoms with E-state index in [-0.39, 0.29) is 24.0 Å². The molecule has 2 amide bonds. The van der Waals surface area contributed by atoms with Crippen molar-refractivity contribution in [1.29, 1.82) is 0 Å². The van der Waals surface area contributed by atoms with Crippen LogP contribution in [0.25, 0.3) is 0 Å². The number of amides is 2. The van der Waals surface area contributed by atoms with Crippen molar-refractivity contribution in [2.45, 2.75) is 45.4 Å². The standard InChI is InChI=1S/C22H25N3O7/c1-13(26)17(21(28)30-3)23-19(27)18-14(2)32-20(24-18)16-10-7-11-25(16)22(29)31-12-15-8-5-4-6-9-15/h4-6,8-9,16-17H,7,10-12H2,1-3H3,(H,23,27)/t16-,17?/m0/s1. The Morgan fingerprint density at radius 2 is 1.97 bits per heavy atom. The molecule has 32 heavy (non-hydrogen) atoms. The number of ketones is 1. The average Bonchev–Trinajstić information content (AvgIpc) is 3.42. The lowest BCUT2D eigenvalue weighted by Gasteiger charge is -2.21. The van der Waals surface area contributed by atoms with Crippen LogP contribution in [0, 0.1) is 6.92 Å². The Hall–Kier alpha value is -3.69. The minimum Gasteiger partial charge on any atom is -0.467 e. The van der Waals surface area contributed by atoms with E-state index in [1.807, 2.05) is 30.3 Å². The Morgan fingerprint density at radius 3 is 2.62 bits per heavy atom. The molecule has 1 saturated heterocycles. The van der Waals surface area contributed by atoms with Crippen molar-refractivity contribution in [3.8, 4) is 0 Å². The van der Waals surface area contributed by atoms with Gasteiger partial charge in [-0.05, 0) is 32.3 Å². The number of aryl methyl sites for hydroxylation is 1. The second-order valence-corrected chi connectivity index (χ2v) is 7.39. The summed E-state index contributed by atoms with van der Waals surface area (Å²) < 4.78 is 15.6. The van der Waals surface area contributed by atoms with E-state index in [0.717, 1.165) is 19.1 Å². The molecule has 1 aliphatic rings. The highest BCUT2D eigenvalue weighted by Crippen LogP contribution is 2.33. The number of esters is 1. The zero-order chi connectivity index (χ0) is 23.3. The Kier molecular flexibility index (Phi) is 7.24. The van der Waals surface area contributed by atoms with Crippen molar-refractivity contribution in [1.82, 2.24) is 15.2 Å². The number of oxazole rings is 1. The van der Waals surface area contributed by atoms with E-state index in [9.17, 15) is 19.2 Å². The number of carbonyl (C=O) groups is 4. The molecule has 1 unspecified atom stereocenters. The van der Waals surface area contributed by atoms with Gasteiger partial charge in [0.25, 0.3) is 5.91 Å². The second kappa shape index (κ2) is 10.1. The van der Waals surface area contributed by atoms with Gasteiger partial charge < -0.3 is 19.2 Å². The summed E-state index contributed by atoms with van der Waals surface area (Å²) in [5, 5.41) is 2.31. The second-order valence-electron chi connectivity index (χ2n) is 7.39. The minimum absolute atomic E-state index is 0.0698. The van der Waals surface area contributed by atoms with Crippen LogP contribution in [0.5, 0.6) is 0 Å². The third kappa shape index (κ3) is 5.13. The highest BCUT2D eigenvalue weighted by atomic mass is 16.6. The van der Waals surface area contributed by atoms with Gasteiger partial charge in [0, 0.05) is 6.54 Å². The molecule has 3 rings (SSSR count). The van der Waals surface area contributed by atoms with Gasteiger partial charge in [-0.15, -0.1) is 0 Å². The molecule has 0 saturated carbocycles. The molecule has 2 atom stereocenters. The summed E-state index contributed by atoms with van der Waals surface area (Å²) in [5.41, 5.74) is 0.799. The van der Waals surface area contributed by atoms with Crippen molar-refractivity contribution in [2.24, 2.45) is 0 Å². The van der Waals surface area contributed by atoms with Crippen molar-refractivity contribution in [3.63, 3.8) is 0 Å². The molecule has 0 aliphatic carbocycles. The quantitative estimate of drug-likeness (QED) is 0.510. The number of Topliss-reactive ketones (excluding diaryl/α,β-unsaturated/α-hetero) is 1. The van der Waals surface area contributed by atoms with Gasteiger partial charge in [-0.3, -0.25) is 14.5 Å². The molecule has 0 radical (unpaired) electrons. The maximum atomic E-state index is 12.6. The molecule has 0 bridgehead atoms. The monoisotopic (exact) mass is 443 g/mol. The number of methoxy groups -OCH3 is 1. The van der Waals surface area contributed by atoms with E-state index in [1.165, 1.54) is 11.8 Å². The Balaban J connectivity index is 1.70. The van der Waals surface area contributed by atoms with Crippen LogP contribution in [0.15, 0.2) is 34.7 Å². The largest absolute Gasteiger partial charge is 0.467 e. The number of nitrogens with zero attached hydrogens (tertiary/aromatic N) is 2. The highest BCUT2D eigenvalue weighted by Gasteiger charge is 2.36. The molecule has 170 valence electrons. The number of nitrogens with one attached hydrogen (secondary N) is 1. The molecular formula is C22H25N3O7. The van der Waals surface area contributed by atoms with Gasteiger partial charge in [0.05, 0.1) is 7.11 Å². The average molecular weight is 443 g/mol. The minimum atomic E-state index is -1.44. The van der Waals surface area contributed by atoms with E-state index in [1.54, 1.807) is 6.92 Å². The first-order valence-electron chi connectivity index (χ1n) is 10.2. The van der Waals surface area contributed by atoms with Crippen LogP contribution in [0.4, 0.5) is 4.79 Å². The Morgan fingerprint density at radius 1 is 1.25 bits per heavy atom. The van der Waals surface area contributed by atoms with Crippen LogP contribution in [0.1, 0.15) is 53.5 Å². The normalized spacial score (nSPS) is 16.3. The third-order valence-electron chi connectivity index (χ3n) is 5.12. The van der Waals surface area contributed by atoms with Gasteiger partial charge in [0.15, 0.2) is 17.5 Å². The summed E-state index contributed by atoms with van der Waals surface area (Å²) in [6.07, 6.45) is 0.822. The Labute approximate surface area is 184 Å². The molecular weight excluding hydrogens is 418 g/mol. The van der Waals surface area contributed by atoms with Gasteiger partial charge in [0.2, 0.25) is 5.89 Å². The van der Waals surface area contributed by atoms with Crippen LogP contribution < -0.4 is 5.32 Å². The fourth-order valence-corrected chi connectivity index (χ4v) is 3.46. The predicted octanol–water partition coefficient (Wildman–Crippen LogP) is 2.32. The molecule has 1 aliphatic heterocycles. The van der Waals surface area contributed by atoms with Gasteiger partial charge in [0.1, 0.15) is 18.4 Å². The molecule has 1 aromatic carbocycles. The van der Waals surface area contributed by atoms with Crippen LogP contribution in [-0.2, 0) is 25.7 Å². The highest BCUT2D eigenvalue weighted by molar-refractivity contribution is 6.07. The molecule has 1 N–H and O–H groups in total. The number of likely N-dealkylation sites (tertiary alicyclic amines) is 1. The van der Waals surface area contributed by atoms with E-state index in [2.05, 4.69) is 15.0 Å². The van der Waals surface area contributed by atoms with Gasteiger partial charge >= 0.3 is 12.1 Å². The molecule has 10 nitrogen and oxygen atoms in total. The lowest BCUT2D eigenvalue weighted by Crippen LogP contribution is -2.46. The van der Waals surface area contributed by atoms with Crippen molar-refractivity contribution >= 4 is 23.8 Å². The molecule has 2 heterocycles. The lowest BCUT2D eigenvalue weighted by molar-refractivity contribution is -0.145. The van der Waals surface area contributed by atoms with Crippen molar-refractivity contribution < 1.29 is 33.1 Å². The topological polar surface area (TPSA) is 128 Å². The summed E-state index contributed by atoms with van der Waals surface area (Å²) >= 11 is 0. The van der Waals surface area contributed by atoms with Gasteiger partial charge in [-0.2, -0.15) is 0 Å². The number of hydrogen-bond donors (Lipinski definition) is 1. The summed E-state index contributed by atoms with van der Waals surface area (Å²) in [4.78, 5) is 54.4. The van der Waals surface area contributed by atoms with E-state index in [4.69, 9.17) is 9.15 Å². The number of aromatic nitrogens is 1. The van der Waals surface area contributed by atoms with Crippen LogP contribution in [-0.4, -0.2) is 53.3 Å². The van der Waals surface area contributed by atoms with Crippen LogP contribution in [0.3, 0.4) is 0 Å². The van der Waals surface area contributed by atoms with E-state index in [0.29, 0.717) is 13.0 Å². The smallest absolute Gasteiger partial charge is 0.410 e. The first-order valence-corrected chi connectivity index (χ1v) is 10.2. The zero-order valence-electron chi connectivity index (χ0n) is 18.1. The maximum Gasteiger partial charge on any atom is 0.410 e. The van der Waals surface area contributed by atoms with Crippen LogP contribution >= 0.6 is 0 Å². The van der Waals surface area contributed by atoms with E-state index >= 15 is 0 Å². The molecule has 1 fully saturated rings. The first-order chi connectivity index (χ1) is 15.3. The summed E-state index contributed by atoms with van der Waals surface area (Å²) in [7, 11) is 1.12.